The second kappa shape index (κ2) is 24.4. The predicted octanol–water partition coefficient (Wildman–Crippen LogP) is 10.8. The number of halogens is 3. The first-order chi connectivity index (χ1) is 32.4. The Balaban J connectivity index is 0.000000205. The van der Waals surface area contributed by atoms with E-state index in [0.29, 0.717) is 81.6 Å². The molecule has 0 radical (unpaired) electrons. The van der Waals surface area contributed by atoms with Crippen molar-refractivity contribution in [2.24, 2.45) is 0 Å². The molecule has 6 heterocycles. The quantitative estimate of drug-likeness (QED) is 0.0733. The molecule has 0 unspecified atom stereocenters. The number of piperazine rings is 1. The number of aromatic amines is 2. The minimum absolute atomic E-state index is 0.0672. The van der Waals surface area contributed by atoms with Crippen molar-refractivity contribution in [2.45, 2.75) is 85.4 Å². The highest BCUT2D eigenvalue weighted by Gasteiger charge is 2.26. The van der Waals surface area contributed by atoms with E-state index in [4.69, 9.17) is 32.7 Å². The van der Waals surface area contributed by atoms with Gasteiger partial charge >= 0.3 is 6.09 Å². The fourth-order valence-corrected chi connectivity index (χ4v) is 10.1. The lowest BCUT2D eigenvalue weighted by Crippen LogP contribution is -2.50. The van der Waals surface area contributed by atoms with Crippen LogP contribution in [0.3, 0.4) is 0 Å². The van der Waals surface area contributed by atoms with Crippen molar-refractivity contribution in [1.82, 2.24) is 34.6 Å². The van der Waals surface area contributed by atoms with E-state index in [9.17, 15) is 19.5 Å². The summed E-state index contributed by atoms with van der Waals surface area (Å²) in [5, 5.41) is 24.1. The van der Waals surface area contributed by atoms with Crippen LogP contribution < -0.4 is 26.2 Å². The van der Waals surface area contributed by atoms with Gasteiger partial charge < -0.3 is 45.0 Å². The van der Waals surface area contributed by atoms with Crippen molar-refractivity contribution >= 4 is 100.0 Å². The largest absolute Gasteiger partial charge is 0.506 e. The van der Waals surface area contributed by atoms with Gasteiger partial charge in [-0.05, 0) is 98.7 Å². The number of aromatic nitrogens is 4. The topological polar surface area (TPSA) is 181 Å². The van der Waals surface area contributed by atoms with Gasteiger partial charge in [-0.2, -0.15) is 0 Å². The van der Waals surface area contributed by atoms with Crippen LogP contribution in [0.4, 0.5) is 15.1 Å². The monoisotopic (exact) mass is 1070 g/mol. The molecule has 2 aromatic carbocycles. The summed E-state index contributed by atoms with van der Waals surface area (Å²) in [6, 6.07) is 9.99. The molecule has 1 amide bonds. The molecule has 0 spiro atoms. The number of carbonyl (C=O) groups is 1. The minimum Gasteiger partial charge on any atom is -0.506 e. The Morgan fingerprint density at radius 3 is 1.81 bits per heavy atom. The number of hydrogen-bond donors (Lipinski definition) is 5. The molecule has 2 aliphatic heterocycles. The third-order valence-corrected chi connectivity index (χ3v) is 13.4. The van der Waals surface area contributed by atoms with Crippen molar-refractivity contribution in [3.05, 3.63) is 77.7 Å². The SMILES string of the molecule is BrCCN1CCCCC1.CC(C)Nc1nc(-c2cc(=O)c3ccc(O)c(Cl)c3[nH]2)cs1.CC(C)Nc1nc(-c2cc(=O)c3ccc(OCCN4CCN(C(=O)OC(C)(C)C)CC4)c(Cl)c3[nH]2)cs1. The number of amides is 1. The van der Waals surface area contributed by atoms with E-state index in [1.54, 1.807) is 29.2 Å². The van der Waals surface area contributed by atoms with E-state index >= 15 is 0 Å². The molecule has 20 heteroatoms. The summed E-state index contributed by atoms with van der Waals surface area (Å²) >= 11 is 19.2. The minimum atomic E-state index is -0.500. The number of phenolic OH excluding ortho intramolecular Hbond substituents is 1. The number of ether oxygens (including phenoxy) is 2. The van der Waals surface area contributed by atoms with Crippen molar-refractivity contribution in [2.75, 3.05) is 74.9 Å². The van der Waals surface area contributed by atoms with E-state index in [1.165, 1.54) is 73.7 Å². The van der Waals surface area contributed by atoms with E-state index in [-0.39, 0.29) is 39.8 Å². The number of rotatable bonds is 12. The van der Waals surface area contributed by atoms with Gasteiger partial charge in [-0.3, -0.25) is 14.5 Å². The molecular formula is C48H62BrCl2N9O6S2. The van der Waals surface area contributed by atoms with Crippen LogP contribution in [0.2, 0.25) is 10.0 Å². The first kappa shape index (κ1) is 52.9. The highest BCUT2D eigenvalue weighted by atomic mass is 79.9. The van der Waals surface area contributed by atoms with Gasteiger partial charge in [0.05, 0.1) is 33.8 Å². The van der Waals surface area contributed by atoms with Crippen molar-refractivity contribution in [1.29, 1.82) is 0 Å². The second-order valence-corrected chi connectivity index (χ2v) is 21.4. The molecule has 2 fully saturated rings. The van der Waals surface area contributed by atoms with Crippen LogP contribution >= 0.6 is 61.8 Å². The third kappa shape index (κ3) is 14.8. The van der Waals surface area contributed by atoms with Gasteiger partial charge in [0, 0.05) is 90.3 Å². The molecule has 68 heavy (non-hydrogen) atoms. The zero-order valence-corrected chi connectivity index (χ0v) is 44.4. The molecule has 0 aliphatic carbocycles. The molecule has 4 aromatic heterocycles. The molecule has 2 saturated heterocycles. The number of piperidine rings is 1. The fourth-order valence-electron chi connectivity index (χ4n) is 7.41. The maximum Gasteiger partial charge on any atom is 0.410 e. The lowest BCUT2D eigenvalue weighted by molar-refractivity contribution is 0.0137. The second-order valence-electron chi connectivity index (χ2n) is 18.1. The number of thiazole rings is 2. The molecule has 2 aliphatic rings. The Morgan fingerprint density at radius 2 is 1.29 bits per heavy atom. The smallest absolute Gasteiger partial charge is 0.410 e. The van der Waals surface area contributed by atoms with Crippen molar-refractivity contribution in [3.8, 4) is 34.3 Å². The van der Waals surface area contributed by atoms with E-state index in [1.807, 2.05) is 59.2 Å². The number of aromatic hydroxyl groups is 1. The van der Waals surface area contributed by atoms with E-state index < -0.39 is 5.60 Å². The van der Waals surface area contributed by atoms with Crippen LogP contribution in [0.15, 0.2) is 56.7 Å². The van der Waals surface area contributed by atoms with Crippen LogP contribution in [-0.4, -0.2) is 128 Å². The van der Waals surface area contributed by atoms with Gasteiger partial charge in [-0.15, -0.1) is 22.7 Å². The number of carbonyl (C=O) groups excluding carboxylic acids is 1. The number of nitrogens with zero attached hydrogens (tertiary/aromatic N) is 5. The number of hydrogen-bond acceptors (Lipinski definition) is 14. The summed E-state index contributed by atoms with van der Waals surface area (Å²) < 4.78 is 11.5. The number of benzene rings is 2. The number of phenols is 1. The van der Waals surface area contributed by atoms with E-state index in [0.717, 1.165) is 28.7 Å². The molecule has 0 atom stereocenters. The molecule has 0 saturated carbocycles. The Labute approximate surface area is 423 Å². The fraction of sp³-hybridized carbons (Fsp3) is 0.479. The molecule has 0 bridgehead atoms. The number of anilines is 2. The summed E-state index contributed by atoms with van der Waals surface area (Å²) in [6.45, 7) is 21.5. The number of pyridine rings is 2. The zero-order chi connectivity index (χ0) is 49.1. The van der Waals surface area contributed by atoms with Gasteiger partial charge in [-0.25, -0.2) is 14.8 Å². The Morgan fingerprint density at radius 1 is 0.779 bits per heavy atom. The van der Waals surface area contributed by atoms with Gasteiger partial charge in [0.15, 0.2) is 21.1 Å². The van der Waals surface area contributed by atoms with Crippen LogP contribution in [0, 0.1) is 0 Å². The average Bonchev–Trinajstić information content (AvgIpc) is 3.96. The lowest BCUT2D eigenvalue weighted by Gasteiger charge is -2.35. The molecule has 6 aromatic rings. The van der Waals surface area contributed by atoms with Crippen LogP contribution in [0.1, 0.15) is 67.7 Å². The van der Waals surface area contributed by atoms with Crippen molar-refractivity contribution in [3.63, 3.8) is 0 Å². The maximum atomic E-state index is 12.8. The van der Waals surface area contributed by atoms with Crippen LogP contribution in [0.25, 0.3) is 44.6 Å². The molecule has 368 valence electrons. The lowest BCUT2D eigenvalue weighted by atomic mass is 10.1. The first-order valence-corrected chi connectivity index (χ1v) is 26.5. The summed E-state index contributed by atoms with van der Waals surface area (Å²) in [5.41, 5.74) is 2.65. The van der Waals surface area contributed by atoms with Crippen molar-refractivity contribution < 1.29 is 19.4 Å². The predicted molar refractivity (Wildman–Crippen MR) is 284 cm³/mol. The van der Waals surface area contributed by atoms with Crippen LogP contribution in [0.5, 0.6) is 11.5 Å². The van der Waals surface area contributed by atoms with Gasteiger partial charge in [0.25, 0.3) is 0 Å². The summed E-state index contributed by atoms with van der Waals surface area (Å²) in [4.78, 5) is 59.2. The number of fused-ring (bicyclic) bond motifs is 2. The molecule has 8 rings (SSSR count). The highest BCUT2D eigenvalue weighted by molar-refractivity contribution is 9.09. The van der Waals surface area contributed by atoms with E-state index in [2.05, 4.69) is 56.3 Å². The molecular weight excluding hydrogens is 1010 g/mol. The van der Waals surface area contributed by atoms with Gasteiger partial charge in [0.2, 0.25) is 0 Å². The molecule has 5 N–H and O–H groups in total. The van der Waals surface area contributed by atoms with Gasteiger partial charge in [0.1, 0.15) is 33.8 Å². The number of nitrogens with one attached hydrogen (secondary N) is 4. The summed E-state index contributed by atoms with van der Waals surface area (Å²) in [6.07, 6.45) is 3.99. The first-order valence-electron chi connectivity index (χ1n) is 22.8. The normalized spacial score (nSPS) is 14.7. The number of likely N-dealkylation sites (tertiary alicyclic amines) is 1. The number of alkyl halides is 1. The summed E-state index contributed by atoms with van der Waals surface area (Å²) in [5.74, 6) is 0.442. The zero-order valence-electron chi connectivity index (χ0n) is 39.6. The standard InChI is InChI=1S/C26H34ClN5O4S.C15H14ClN3O2S.C7H14BrN/c1-16(2)28-24-30-19(15-37-24)18-14-20(33)17-6-7-21(22(27)23(17)29-18)35-13-12-31-8-10-32(11-9-31)25(34)36-26(3,4)5;1-7(2)17-15-19-10(6-22-15)9-5-12(21)8-3-4-11(20)13(16)14(8)18-9;8-4-7-9-5-2-1-3-6-9/h6-7,14-16H,8-13H2,1-5H3,(H,28,30)(H,29,33);3-7,20H,1-2H3,(H,17,19)(H,18,21);1-7H2. The number of H-pyrrole nitrogens is 2. The molecule has 15 nitrogen and oxygen atoms in total. The van der Waals surface area contributed by atoms with Crippen LogP contribution in [-0.2, 0) is 4.74 Å². The summed E-state index contributed by atoms with van der Waals surface area (Å²) in [7, 11) is 0. The Bertz CT molecular complexity index is 2740. The third-order valence-electron chi connectivity index (χ3n) is 10.8. The Kier molecular flexibility index (Phi) is 19.0. The average molecular weight is 1080 g/mol. The maximum absolute atomic E-state index is 12.8. The highest BCUT2D eigenvalue weighted by Crippen LogP contribution is 2.34. The van der Waals surface area contributed by atoms with Gasteiger partial charge in [-0.1, -0.05) is 45.6 Å². The Hall–Kier alpha value is -4.43.